The van der Waals surface area contributed by atoms with Gasteiger partial charge in [-0.1, -0.05) is 12.1 Å². The van der Waals surface area contributed by atoms with Crippen LogP contribution in [0.5, 0.6) is 5.75 Å². The standard InChI is InChI=1S/C22H21N5O4S/c1-31-16-4-2-14-3-5-17(11-15(14)10-16)32(29,30)26-19-7-9-27(22(19)28)13-21-24-18-6-8-23-12-20(18)25-21/h2-6,8,10-12,19,26H,7,9,13H2,1H3,(H,24,25)/t19-/m0/s1. The first-order chi connectivity index (χ1) is 15.4. The second-order valence-electron chi connectivity index (χ2n) is 7.67. The van der Waals surface area contributed by atoms with Crippen molar-refractivity contribution in [3.63, 3.8) is 0 Å². The summed E-state index contributed by atoms with van der Waals surface area (Å²) in [5.41, 5.74) is 1.56. The molecule has 1 aliphatic heterocycles. The summed E-state index contributed by atoms with van der Waals surface area (Å²) in [6, 6.07) is 11.3. The molecule has 4 aromatic rings. The summed E-state index contributed by atoms with van der Waals surface area (Å²) < 4.78 is 33.7. The van der Waals surface area contributed by atoms with E-state index in [4.69, 9.17) is 4.74 Å². The van der Waals surface area contributed by atoms with Gasteiger partial charge in [0.05, 0.1) is 35.8 Å². The average molecular weight is 452 g/mol. The van der Waals surface area contributed by atoms with E-state index in [-0.39, 0.29) is 17.3 Å². The van der Waals surface area contributed by atoms with Gasteiger partial charge in [-0.15, -0.1) is 0 Å². The molecule has 2 aromatic heterocycles. The van der Waals surface area contributed by atoms with Crippen LogP contribution in [0.2, 0.25) is 0 Å². The Morgan fingerprint density at radius 1 is 1.19 bits per heavy atom. The third-order valence-corrected chi connectivity index (χ3v) is 7.07. The Morgan fingerprint density at radius 2 is 2.03 bits per heavy atom. The fourth-order valence-electron chi connectivity index (χ4n) is 3.92. The van der Waals surface area contributed by atoms with Crippen molar-refractivity contribution in [2.24, 2.45) is 0 Å². The summed E-state index contributed by atoms with van der Waals surface area (Å²) >= 11 is 0. The number of aromatic nitrogens is 3. The number of sulfonamides is 1. The zero-order valence-electron chi connectivity index (χ0n) is 17.3. The van der Waals surface area contributed by atoms with Gasteiger partial charge in [0.1, 0.15) is 17.6 Å². The number of hydrogen-bond donors (Lipinski definition) is 2. The Labute approximate surface area is 184 Å². The number of imidazole rings is 1. The summed E-state index contributed by atoms with van der Waals surface area (Å²) in [4.78, 5) is 26.2. The molecule has 1 saturated heterocycles. The largest absolute Gasteiger partial charge is 0.497 e. The molecule has 3 heterocycles. The maximum atomic E-state index is 13.0. The first-order valence-corrected chi connectivity index (χ1v) is 11.6. The van der Waals surface area contributed by atoms with E-state index in [9.17, 15) is 13.2 Å². The van der Waals surface area contributed by atoms with Crippen molar-refractivity contribution >= 4 is 37.7 Å². The Kier molecular flexibility index (Phi) is 5.03. The van der Waals surface area contributed by atoms with Gasteiger partial charge in [-0.3, -0.25) is 9.78 Å². The Bertz CT molecular complexity index is 1400. The number of rotatable bonds is 6. The quantitative estimate of drug-likeness (QED) is 0.464. The van der Waals surface area contributed by atoms with Crippen molar-refractivity contribution in [3.8, 4) is 5.75 Å². The van der Waals surface area contributed by atoms with Crippen molar-refractivity contribution in [1.82, 2.24) is 24.6 Å². The van der Waals surface area contributed by atoms with E-state index in [1.54, 1.807) is 48.7 Å². The first-order valence-electron chi connectivity index (χ1n) is 10.1. The molecule has 9 nitrogen and oxygen atoms in total. The molecule has 32 heavy (non-hydrogen) atoms. The number of carbonyl (C=O) groups excluding carboxylic acids is 1. The molecule has 0 radical (unpaired) electrons. The van der Waals surface area contributed by atoms with Gasteiger partial charge in [-0.2, -0.15) is 4.72 Å². The van der Waals surface area contributed by atoms with Crippen molar-refractivity contribution < 1.29 is 17.9 Å². The van der Waals surface area contributed by atoms with E-state index in [2.05, 4.69) is 19.7 Å². The molecular weight excluding hydrogens is 430 g/mol. The number of likely N-dealkylation sites (tertiary alicyclic amines) is 1. The van der Waals surface area contributed by atoms with E-state index in [0.717, 1.165) is 21.8 Å². The maximum absolute atomic E-state index is 13.0. The van der Waals surface area contributed by atoms with Crippen molar-refractivity contribution in [2.45, 2.75) is 23.9 Å². The molecule has 1 aliphatic rings. The molecule has 0 unspecified atom stereocenters. The summed E-state index contributed by atoms with van der Waals surface area (Å²) in [6.45, 7) is 0.720. The van der Waals surface area contributed by atoms with Gasteiger partial charge in [0, 0.05) is 12.7 Å². The molecule has 5 rings (SSSR count). The van der Waals surface area contributed by atoms with E-state index < -0.39 is 16.1 Å². The van der Waals surface area contributed by atoms with E-state index in [0.29, 0.717) is 24.5 Å². The van der Waals surface area contributed by atoms with E-state index in [1.807, 2.05) is 12.1 Å². The SMILES string of the molecule is COc1ccc2ccc(S(=O)(=O)N[C@H]3CCN(Cc4nc5ccncc5[nH]4)C3=O)cc2c1. The predicted molar refractivity (Wildman–Crippen MR) is 119 cm³/mol. The van der Waals surface area contributed by atoms with Crippen LogP contribution in [0.15, 0.2) is 59.8 Å². The topological polar surface area (TPSA) is 117 Å². The molecule has 0 spiro atoms. The minimum absolute atomic E-state index is 0.106. The lowest BCUT2D eigenvalue weighted by Crippen LogP contribution is -2.41. The van der Waals surface area contributed by atoms with Gasteiger partial charge < -0.3 is 14.6 Å². The van der Waals surface area contributed by atoms with E-state index >= 15 is 0 Å². The monoisotopic (exact) mass is 451 g/mol. The van der Waals surface area contributed by atoms with Crippen LogP contribution in [-0.2, 0) is 21.4 Å². The van der Waals surface area contributed by atoms with E-state index in [1.165, 1.54) is 6.07 Å². The molecular formula is C22H21N5O4S. The smallest absolute Gasteiger partial charge is 0.241 e. The van der Waals surface area contributed by atoms with Gasteiger partial charge in [-0.05, 0) is 47.5 Å². The average Bonchev–Trinajstić information content (AvgIpc) is 3.36. The third kappa shape index (κ3) is 3.78. The lowest BCUT2D eigenvalue weighted by atomic mass is 10.1. The van der Waals surface area contributed by atoms with Gasteiger partial charge >= 0.3 is 0 Å². The van der Waals surface area contributed by atoms with Gasteiger partial charge in [0.15, 0.2) is 0 Å². The lowest BCUT2D eigenvalue weighted by Gasteiger charge is -2.16. The highest BCUT2D eigenvalue weighted by Crippen LogP contribution is 2.25. The third-order valence-electron chi connectivity index (χ3n) is 5.60. The second kappa shape index (κ2) is 7.88. The number of methoxy groups -OCH3 is 1. The highest BCUT2D eigenvalue weighted by molar-refractivity contribution is 7.89. The Morgan fingerprint density at radius 3 is 2.84 bits per heavy atom. The number of benzene rings is 2. The number of carbonyl (C=O) groups is 1. The molecule has 1 amide bonds. The molecule has 1 fully saturated rings. The zero-order valence-corrected chi connectivity index (χ0v) is 18.1. The summed E-state index contributed by atoms with van der Waals surface area (Å²) in [5, 5.41) is 1.64. The molecule has 10 heteroatoms. The minimum atomic E-state index is -3.87. The Balaban J connectivity index is 1.32. The van der Waals surface area contributed by atoms with Crippen molar-refractivity contribution in [2.75, 3.05) is 13.7 Å². The number of fused-ring (bicyclic) bond motifs is 2. The van der Waals surface area contributed by atoms with Crippen LogP contribution >= 0.6 is 0 Å². The van der Waals surface area contributed by atoms with Crippen LogP contribution < -0.4 is 9.46 Å². The normalized spacial score (nSPS) is 16.8. The summed E-state index contributed by atoms with van der Waals surface area (Å²) in [5.74, 6) is 1.01. The summed E-state index contributed by atoms with van der Waals surface area (Å²) in [7, 11) is -2.32. The highest BCUT2D eigenvalue weighted by atomic mass is 32.2. The van der Waals surface area contributed by atoms with Crippen LogP contribution in [0.3, 0.4) is 0 Å². The van der Waals surface area contributed by atoms with Crippen molar-refractivity contribution in [1.29, 1.82) is 0 Å². The number of aromatic amines is 1. The fourth-order valence-corrected chi connectivity index (χ4v) is 5.18. The highest BCUT2D eigenvalue weighted by Gasteiger charge is 2.35. The molecule has 2 aromatic carbocycles. The predicted octanol–water partition coefficient (Wildman–Crippen LogP) is 2.20. The number of pyridine rings is 1. The summed E-state index contributed by atoms with van der Waals surface area (Å²) in [6.07, 6.45) is 3.72. The van der Waals surface area contributed by atoms with Crippen LogP contribution in [-0.4, -0.2) is 53.9 Å². The first kappa shape index (κ1) is 20.4. The zero-order chi connectivity index (χ0) is 22.3. The van der Waals surface area contributed by atoms with Crippen molar-refractivity contribution in [3.05, 3.63) is 60.7 Å². The van der Waals surface area contributed by atoms with Gasteiger partial charge in [0.2, 0.25) is 15.9 Å². The van der Waals surface area contributed by atoms with Gasteiger partial charge in [-0.25, -0.2) is 13.4 Å². The van der Waals surface area contributed by atoms with Gasteiger partial charge in [0.25, 0.3) is 0 Å². The fraction of sp³-hybridized carbons (Fsp3) is 0.227. The maximum Gasteiger partial charge on any atom is 0.241 e. The molecule has 0 saturated carbocycles. The van der Waals surface area contributed by atoms with Crippen LogP contribution in [0, 0.1) is 0 Å². The minimum Gasteiger partial charge on any atom is -0.497 e. The number of H-pyrrole nitrogens is 1. The second-order valence-corrected chi connectivity index (χ2v) is 9.39. The molecule has 1 atom stereocenters. The number of amides is 1. The van der Waals surface area contributed by atoms with Crippen LogP contribution in [0.25, 0.3) is 21.8 Å². The molecule has 2 N–H and O–H groups in total. The number of nitrogens with zero attached hydrogens (tertiary/aromatic N) is 3. The lowest BCUT2D eigenvalue weighted by molar-refractivity contribution is -0.129. The van der Waals surface area contributed by atoms with Crippen LogP contribution in [0.1, 0.15) is 12.2 Å². The Hall–Kier alpha value is -3.50. The molecule has 0 bridgehead atoms. The number of ether oxygens (including phenoxy) is 1. The molecule has 0 aliphatic carbocycles. The number of nitrogens with one attached hydrogen (secondary N) is 2. The molecule has 164 valence electrons. The number of hydrogen-bond acceptors (Lipinski definition) is 6. The van der Waals surface area contributed by atoms with Crippen LogP contribution in [0.4, 0.5) is 0 Å².